The van der Waals surface area contributed by atoms with Crippen LogP contribution in [0.25, 0.3) is 0 Å². The molecular weight excluding hydrogens is 378 g/mol. The number of hydrogen-bond acceptors (Lipinski definition) is 2. The fraction of sp³-hybridized carbons (Fsp3) is 0.267. The smallest absolute Gasteiger partial charge is 0.124 e. The van der Waals surface area contributed by atoms with Crippen molar-refractivity contribution in [3.63, 3.8) is 0 Å². The molecule has 0 aliphatic carbocycles. The molecule has 1 aromatic heterocycles. The summed E-state index contributed by atoms with van der Waals surface area (Å²) < 4.78 is 13.9. The molecule has 1 heterocycles. The topological polar surface area (TPSA) is 24.9 Å². The van der Waals surface area contributed by atoms with Crippen molar-refractivity contribution in [1.82, 2.24) is 10.3 Å². The van der Waals surface area contributed by atoms with Crippen molar-refractivity contribution in [2.45, 2.75) is 19.4 Å². The van der Waals surface area contributed by atoms with Gasteiger partial charge in [0.25, 0.3) is 0 Å². The van der Waals surface area contributed by atoms with Crippen LogP contribution in [0.4, 0.5) is 4.39 Å². The number of likely N-dealkylation sites (N-methyl/N-ethyl adjacent to an activating group) is 1. The number of benzene rings is 1. The van der Waals surface area contributed by atoms with Crippen molar-refractivity contribution < 1.29 is 4.39 Å². The van der Waals surface area contributed by atoms with Crippen LogP contribution < -0.4 is 5.32 Å². The molecule has 1 unspecified atom stereocenters. The summed E-state index contributed by atoms with van der Waals surface area (Å²) in [5.74, 6) is -0.270. The molecule has 1 atom stereocenters. The molecule has 0 radical (unpaired) electrons. The second-order valence-corrected chi connectivity index (χ2v) is 6.27. The lowest BCUT2D eigenvalue weighted by Gasteiger charge is -2.19. The summed E-state index contributed by atoms with van der Waals surface area (Å²) in [6.07, 6.45) is 2.22. The van der Waals surface area contributed by atoms with Crippen molar-refractivity contribution in [2.24, 2.45) is 0 Å². The van der Waals surface area contributed by atoms with Gasteiger partial charge in [-0.1, -0.05) is 52.1 Å². The Hall–Kier alpha value is -0.680. The van der Waals surface area contributed by atoms with Gasteiger partial charge in [0, 0.05) is 10.7 Å². The van der Waals surface area contributed by atoms with Crippen LogP contribution in [0.5, 0.6) is 0 Å². The molecule has 2 nitrogen and oxygen atoms in total. The maximum absolute atomic E-state index is 13.2. The molecule has 0 aliphatic rings. The molecule has 1 N–H and O–H groups in total. The fourth-order valence-electron chi connectivity index (χ4n) is 2.10. The van der Waals surface area contributed by atoms with E-state index in [-0.39, 0.29) is 11.9 Å². The van der Waals surface area contributed by atoms with E-state index in [1.807, 2.05) is 6.92 Å². The second-order valence-electron chi connectivity index (χ2n) is 4.57. The van der Waals surface area contributed by atoms with E-state index < -0.39 is 0 Å². The van der Waals surface area contributed by atoms with Crippen molar-refractivity contribution in [3.8, 4) is 0 Å². The third-order valence-electron chi connectivity index (χ3n) is 3.06. The van der Waals surface area contributed by atoms with Gasteiger partial charge in [0.05, 0.1) is 21.8 Å². The lowest BCUT2D eigenvalue weighted by atomic mass is 10.0. The molecule has 0 spiro atoms. The van der Waals surface area contributed by atoms with Crippen LogP contribution in [-0.2, 0) is 6.42 Å². The summed E-state index contributed by atoms with van der Waals surface area (Å²) in [6.45, 7) is 2.78. The molecule has 6 heteroatoms. The lowest BCUT2D eigenvalue weighted by Crippen LogP contribution is -2.24. The van der Waals surface area contributed by atoms with Gasteiger partial charge in [-0.15, -0.1) is 0 Å². The van der Waals surface area contributed by atoms with Crippen molar-refractivity contribution in [1.29, 1.82) is 0 Å². The van der Waals surface area contributed by atoms with Gasteiger partial charge in [-0.3, -0.25) is 4.98 Å². The van der Waals surface area contributed by atoms with E-state index in [0.29, 0.717) is 16.5 Å². The number of nitrogens with zero attached hydrogens (tertiary/aromatic N) is 1. The summed E-state index contributed by atoms with van der Waals surface area (Å²) in [7, 11) is 0. The molecule has 112 valence electrons. The van der Waals surface area contributed by atoms with Crippen molar-refractivity contribution >= 4 is 39.1 Å². The monoisotopic (exact) mass is 390 g/mol. The van der Waals surface area contributed by atoms with E-state index in [2.05, 4.69) is 26.2 Å². The normalized spacial score (nSPS) is 12.4. The van der Waals surface area contributed by atoms with Gasteiger partial charge < -0.3 is 5.32 Å². The summed E-state index contributed by atoms with van der Waals surface area (Å²) in [4.78, 5) is 4.32. The third-order valence-corrected chi connectivity index (χ3v) is 4.30. The lowest BCUT2D eigenvalue weighted by molar-refractivity contribution is 0.535. The van der Waals surface area contributed by atoms with Gasteiger partial charge in [-0.2, -0.15) is 0 Å². The predicted octanol–water partition coefficient (Wildman–Crippen LogP) is 5.18. The maximum atomic E-state index is 13.2. The molecule has 0 saturated carbocycles. The Bertz CT molecular complexity index is 637. The minimum atomic E-state index is -0.270. The number of halogens is 4. The Morgan fingerprint density at radius 2 is 2.10 bits per heavy atom. The van der Waals surface area contributed by atoms with E-state index in [0.717, 1.165) is 22.3 Å². The number of pyridine rings is 1. The summed E-state index contributed by atoms with van der Waals surface area (Å²) in [6, 6.07) is 6.26. The molecule has 2 aromatic rings. The molecule has 0 bridgehead atoms. The Balaban J connectivity index is 2.30. The van der Waals surface area contributed by atoms with Crippen LogP contribution in [-0.4, -0.2) is 11.5 Å². The molecule has 0 amide bonds. The van der Waals surface area contributed by atoms with Crippen LogP contribution in [0.3, 0.4) is 0 Å². The quantitative estimate of drug-likeness (QED) is 0.759. The zero-order chi connectivity index (χ0) is 15.4. The van der Waals surface area contributed by atoms with Gasteiger partial charge in [-0.25, -0.2) is 4.39 Å². The Morgan fingerprint density at radius 1 is 1.33 bits per heavy atom. The molecule has 0 fully saturated rings. The summed E-state index contributed by atoms with van der Waals surface area (Å²) in [5, 5.41) is 4.37. The van der Waals surface area contributed by atoms with E-state index in [1.54, 1.807) is 18.3 Å². The average molecular weight is 392 g/mol. The predicted molar refractivity (Wildman–Crippen MR) is 88.5 cm³/mol. The van der Waals surface area contributed by atoms with Crippen LogP contribution in [0.15, 0.2) is 34.9 Å². The Kier molecular flexibility index (Phi) is 5.99. The molecular formula is C15H14BrCl2FN2. The number of hydrogen-bond donors (Lipinski definition) is 1. The standard InChI is InChI=1S/C15H14BrCl2FN2/c1-2-20-14(15-13(18)6-10(17)8-21-15)5-9-3-4-11(19)7-12(9)16/h3-4,6-8,14,20H,2,5H2,1H3. The van der Waals surface area contributed by atoms with Gasteiger partial charge in [0.1, 0.15) is 5.82 Å². The first-order valence-corrected chi connectivity index (χ1v) is 8.04. The molecule has 0 saturated heterocycles. The van der Waals surface area contributed by atoms with Gasteiger partial charge in [0.15, 0.2) is 0 Å². The summed E-state index contributed by atoms with van der Waals surface area (Å²) >= 11 is 15.5. The molecule has 0 aliphatic heterocycles. The highest BCUT2D eigenvalue weighted by molar-refractivity contribution is 9.10. The first-order valence-electron chi connectivity index (χ1n) is 6.49. The van der Waals surface area contributed by atoms with Crippen LogP contribution in [0.1, 0.15) is 24.2 Å². The zero-order valence-electron chi connectivity index (χ0n) is 11.3. The van der Waals surface area contributed by atoms with Gasteiger partial charge in [0.2, 0.25) is 0 Å². The minimum Gasteiger partial charge on any atom is -0.309 e. The first-order chi connectivity index (χ1) is 10.0. The highest BCUT2D eigenvalue weighted by atomic mass is 79.9. The number of nitrogens with one attached hydrogen (secondary N) is 1. The van der Waals surface area contributed by atoms with Gasteiger partial charge in [-0.05, 0) is 36.7 Å². The largest absolute Gasteiger partial charge is 0.309 e. The maximum Gasteiger partial charge on any atom is 0.124 e. The average Bonchev–Trinajstić information content (AvgIpc) is 2.41. The van der Waals surface area contributed by atoms with Crippen LogP contribution in [0.2, 0.25) is 10.0 Å². The highest BCUT2D eigenvalue weighted by Gasteiger charge is 2.18. The molecule has 1 aromatic carbocycles. The third kappa shape index (κ3) is 4.39. The van der Waals surface area contributed by atoms with Crippen LogP contribution >= 0.6 is 39.1 Å². The van der Waals surface area contributed by atoms with E-state index >= 15 is 0 Å². The highest BCUT2D eigenvalue weighted by Crippen LogP contribution is 2.28. The van der Waals surface area contributed by atoms with Crippen LogP contribution in [0, 0.1) is 5.82 Å². The van der Waals surface area contributed by atoms with Crippen molar-refractivity contribution in [3.05, 3.63) is 62.1 Å². The fourth-order valence-corrected chi connectivity index (χ4v) is 3.13. The number of aromatic nitrogens is 1. The second kappa shape index (κ2) is 7.54. The summed E-state index contributed by atoms with van der Waals surface area (Å²) in [5.41, 5.74) is 1.72. The SMILES string of the molecule is CCNC(Cc1ccc(F)cc1Br)c1ncc(Cl)cc1Cl. The Morgan fingerprint density at radius 3 is 2.71 bits per heavy atom. The van der Waals surface area contributed by atoms with E-state index in [4.69, 9.17) is 23.2 Å². The minimum absolute atomic E-state index is 0.0680. The van der Waals surface area contributed by atoms with E-state index in [9.17, 15) is 4.39 Å². The van der Waals surface area contributed by atoms with E-state index in [1.165, 1.54) is 12.1 Å². The molecule has 21 heavy (non-hydrogen) atoms. The van der Waals surface area contributed by atoms with Crippen molar-refractivity contribution in [2.75, 3.05) is 6.54 Å². The number of rotatable bonds is 5. The zero-order valence-corrected chi connectivity index (χ0v) is 14.4. The molecule has 2 rings (SSSR count). The Labute approximate surface area is 141 Å². The van der Waals surface area contributed by atoms with Gasteiger partial charge >= 0.3 is 0 Å². The first kappa shape index (κ1) is 16.7.